The standard InChI is InChI=1S/C12H9ClO2S/c1-7-2-3-8(6-9(7)12(14)15)11-10(13)4-5-16-11/h2-6H,1H3,(H,14,15). The van der Waals surface area contributed by atoms with Gasteiger partial charge in [0.1, 0.15) is 0 Å². The zero-order chi connectivity index (χ0) is 11.7. The number of benzene rings is 1. The lowest BCUT2D eigenvalue weighted by atomic mass is 10.0. The first kappa shape index (κ1) is 11.2. The molecule has 0 atom stereocenters. The fraction of sp³-hybridized carbons (Fsp3) is 0.0833. The number of rotatable bonds is 2. The van der Waals surface area contributed by atoms with E-state index in [0.29, 0.717) is 10.6 Å². The molecule has 0 fully saturated rings. The molecule has 1 heterocycles. The van der Waals surface area contributed by atoms with E-state index in [1.165, 1.54) is 11.3 Å². The molecule has 82 valence electrons. The second-order valence-corrected chi connectivity index (χ2v) is 4.76. The molecule has 0 bridgehead atoms. The number of thiophene rings is 1. The first-order valence-corrected chi connectivity index (χ1v) is 5.92. The fourth-order valence-electron chi connectivity index (χ4n) is 1.49. The number of carboxylic acids is 1. The topological polar surface area (TPSA) is 37.3 Å². The number of carboxylic acid groups (broad SMARTS) is 1. The van der Waals surface area contributed by atoms with E-state index >= 15 is 0 Å². The van der Waals surface area contributed by atoms with Gasteiger partial charge in [0.05, 0.1) is 15.5 Å². The van der Waals surface area contributed by atoms with Crippen LogP contribution in [0.1, 0.15) is 15.9 Å². The number of aryl methyl sites for hydroxylation is 1. The molecule has 1 aromatic heterocycles. The Balaban J connectivity index is 2.56. The Hall–Kier alpha value is -1.32. The molecule has 1 N–H and O–H groups in total. The lowest BCUT2D eigenvalue weighted by molar-refractivity contribution is 0.0696. The van der Waals surface area contributed by atoms with Crippen molar-refractivity contribution in [1.29, 1.82) is 0 Å². The van der Waals surface area contributed by atoms with Crippen molar-refractivity contribution in [2.75, 3.05) is 0 Å². The minimum atomic E-state index is -0.910. The average molecular weight is 253 g/mol. The monoisotopic (exact) mass is 252 g/mol. The molecule has 0 aliphatic heterocycles. The first-order chi connectivity index (χ1) is 7.59. The van der Waals surface area contributed by atoms with Gasteiger partial charge in [-0.2, -0.15) is 0 Å². The van der Waals surface area contributed by atoms with Crippen LogP contribution in [0.15, 0.2) is 29.6 Å². The van der Waals surface area contributed by atoms with Gasteiger partial charge in [0.25, 0.3) is 0 Å². The largest absolute Gasteiger partial charge is 0.478 e. The Labute approximate surface area is 102 Å². The molecule has 0 aliphatic rings. The van der Waals surface area contributed by atoms with Gasteiger partial charge in [0.2, 0.25) is 0 Å². The van der Waals surface area contributed by atoms with E-state index in [1.54, 1.807) is 19.1 Å². The van der Waals surface area contributed by atoms with E-state index in [1.807, 2.05) is 17.5 Å². The molecule has 0 unspecified atom stereocenters. The Morgan fingerprint density at radius 2 is 2.12 bits per heavy atom. The highest BCUT2D eigenvalue weighted by atomic mass is 35.5. The van der Waals surface area contributed by atoms with Gasteiger partial charge < -0.3 is 5.11 Å². The molecular weight excluding hydrogens is 244 g/mol. The fourth-order valence-corrected chi connectivity index (χ4v) is 2.66. The third-order valence-corrected chi connectivity index (χ3v) is 3.74. The summed E-state index contributed by atoms with van der Waals surface area (Å²) >= 11 is 7.51. The van der Waals surface area contributed by atoms with Crippen molar-refractivity contribution >= 4 is 28.9 Å². The summed E-state index contributed by atoms with van der Waals surface area (Å²) in [6.07, 6.45) is 0. The van der Waals surface area contributed by atoms with Crippen LogP contribution in [0.25, 0.3) is 10.4 Å². The van der Waals surface area contributed by atoms with Crippen LogP contribution in [-0.4, -0.2) is 11.1 Å². The molecular formula is C12H9ClO2S. The lowest BCUT2D eigenvalue weighted by Crippen LogP contribution is -1.99. The summed E-state index contributed by atoms with van der Waals surface area (Å²) in [5.74, 6) is -0.910. The van der Waals surface area contributed by atoms with Crippen LogP contribution >= 0.6 is 22.9 Å². The molecule has 0 aliphatic carbocycles. The van der Waals surface area contributed by atoms with Gasteiger partial charge in [-0.25, -0.2) is 4.79 Å². The minimum Gasteiger partial charge on any atom is -0.478 e. The molecule has 0 saturated heterocycles. The molecule has 4 heteroatoms. The Bertz CT molecular complexity index is 546. The molecule has 2 aromatic rings. The normalized spacial score (nSPS) is 10.4. The molecule has 1 aromatic carbocycles. The van der Waals surface area contributed by atoms with Crippen LogP contribution in [-0.2, 0) is 0 Å². The molecule has 2 nitrogen and oxygen atoms in total. The number of hydrogen-bond donors (Lipinski definition) is 1. The van der Waals surface area contributed by atoms with E-state index in [0.717, 1.165) is 16.0 Å². The zero-order valence-electron chi connectivity index (χ0n) is 8.53. The van der Waals surface area contributed by atoms with Crippen molar-refractivity contribution in [2.45, 2.75) is 6.92 Å². The van der Waals surface area contributed by atoms with E-state index in [4.69, 9.17) is 16.7 Å². The molecule has 2 rings (SSSR count). The average Bonchev–Trinajstić information content (AvgIpc) is 2.65. The van der Waals surface area contributed by atoms with Crippen LogP contribution < -0.4 is 0 Å². The highest BCUT2D eigenvalue weighted by molar-refractivity contribution is 7.14. The maximum absolute atomic E-state index is 11.0. The number of halogens is 1. The molecule has 0 amide bonds. The Kier molecular flexibility index (Phi) is 2.99. The van der Waals surface area contributed by atoms with Crippen LogP contribution in [0.3, 0.4) is 0 Å². The van der Waals surface area contributed by atoms with Gasteiger partial charge in [0.15, 0.2) is 0 Å². The van der Waals surface area contributed by atoms with Crippen molar-refractivity contribution in [2.24, 2.45) is 0 Å². The quantitative estimate of drug-likeness (QED) is 0.875. The van der Waals surface area contributed by atoms with Gasteiger partial charge in [-0.15, -0.1) is 11.3 Å². The van der Waals surface area contributed by atoms with Crippen molar-refractivity contribution in [3.8, 4) is 10.4 Å². The van der Waals surface area contributed by atoms with E-state index in [2.05, 4.69) is 0 Å². The Morgan fingerprint density at radius 1 is 1.38 bits per heavy atom. The summed E-state index contributed by atoms with van der Waals surface area (Å²) in [4.78, 5) is 11.9. The number of aromatic carboxylic acids is 1. The summed E-state index contributed by atoms with van der Waals surface area (Å²) in [6, 6.07) is 7.16. The summed E-state index contributed by atoms with van der Waals surface area (Å²) in [6.45, 7) is 1.78. The van der Waals surface area contributed by atoms with Gasteiger partial charge in [-0.3, -0.25) is 0 Å². The molecule has 0 radical (unpaired) electrons. The summed E-state index contributed by atoms with van der Waals surface area (Å²) < 4.78 is 0. The predicted molar refractivity (Wildman–Crippen MR) is 66.5 cm³/mol. The number of carbonyl (C=O) groups is 1. The second-order valence-electron chi connectivity index (χ2n) is 3.43. The zero-order valence-corrected chi connectivity index (χ0v) is 10.1. The van der Waals surface area contributed by atoms with Crippen LogP contribution in [0.5, 0.6) is 0 Å². The highest BCUT2D eigenvalue weighted by Crippen LogP contribution is 2.34. The molecule has 0 spiro atoms. The Morgan fingerprint density at radius 3 is 2.69 bits per heavy atom. The van der Waals surface area contributed by atoms with Gasteiger partial charge in [-0.05, 0) is 35.6 Å². The van der Waals surface area contributed by atoms with Gasteiger partial charge in [-0.1, -0.05) is 23.7 Å². The van der Waals surface area contributed by atoms with Gasteiger partial charge in [0, 0.05) is 0 Å². The third kappa shape index (κ3) is 1.96. The summed E-state index contributed by atoms with van der Waals surface area (Å²) in [5, 5.41) is 11.6. The minimum absolute atomic E-state index is 0.321. The summed E-state index contributed by atoms with van der Waals surface area (Å²) in [7, 11) is 0. The van der Waals surface area contributed by atoms with E-state index < -0.39 is 5.97 Å². The van der Waals surface area contributed by atoms with Crippen molar-refractivity contribution in [1.82, 2.24) is 0 Å². The third-order valence-electron chi connectivity index (χ3n) is 2.35. The second kappa shape index (κ2) is 4.28. The van der Waals surface area contributed by atoms with Gasteiger partial charge >= 0.3 is 5.97 Å². The maximum Gasteiger partial charge on any atom is 0.335 e. The van der Waals surface area contributed by atoms with E-state index in [-0.39, 0.29) is 0 Å². The first-order valence-electron chi connectivity index (χ1n) is 4.67. The summed E-state index contributed by atoms with van der Waals surface area (Å²) in [5.41, 5.74) is 1.92. The lowest BCUT2D eigenvalue weighted by Gasteiger charge is -2.04. The molecule has 16 heavy (non-hydrogen) atoms. The SMILES string of the molecule is Cc1ccc(-c2sccc2Cl)cc1C(=O)O. The predicted octanol–water partition coefficient (Wildman–Crippen LogP) is 4.08. The molecule has 0 saturated carbocycles. The van der Waals surface area contributed by atoms with E-state index in [9.17, 15) is 4.79 Å². The van der Waals surface area contributed by atoms with Crippen molar-refractivity contribution in [3.05, 3.63) is 45.8 Å². The van der Waals surface area contributed by atoms with Crippen molar-refractivity contribution in [3.63, 3.8) is 0 Å². The number of hydrogen-bond acceptors (Lipinski definition) is 2. The van der Waals surface area contributed by atoms with Crippen molar-refractivity contribution < 1.29 is 9.90 Å². The van der Waals surface area contributed by atoms with Crippen LogP contribution in [0.4, 0.5) is 0 Å². The highest BCUT2D eigenvalue weighted by Gasteiger charge is 2.11. The maximum atomic E-state index is 11.0. The van der Waals surface area contributed by atoms with Crippen LogP contribution in [0.2, 0.25) is 5.02 Å². The van der Waals surface area contributed by atoms with Crippen LogP contribution in [0, 0.1) is 6.92 Å². The smallest absolute Gasteiger partial charge is 0.335 e.